The van der Waals surface area contributed by atoms with E-state index in [1.54, 1.807) is 34.5 Å². The van der Waals surface area contributed by atoms with Crippen LogP contribution >= 0.6 is 15.9 Å². The lowest BCUT2D eigenvalue weighted by Crippen LogP contribution is -1.93. The minimum Gasteiger partial charge on any atom is -0.497 e. The van der Waals surface area contributed by atoms with Crippen LogP contribution in [0, 0.1) is 0 Å². The van der Waals surface area contributed by atoms with Gasteiger partial charge in [0.1, 0.15) is 33.2 Å². The number of rotatable bonds is 6. The Morgan fingerprint density at radius 2 is 1.35 bits per heavy atom. The smallest absolute Gasteiger partial charge is 0.182 e. The van der Waals surface area contributed by atoms with Crippen LogP contribution in [0.5, 0.6) is 23.0 Å². The van der Waals surface area contributed by atoms with Crippen molar-refractivity contribution in [3.63, 3.8) is 0 Å². The largest absolute Gasteiger partial charge is 0.497 e. The minimum atomic E-state index is 0.587. The minimum absolute atomic E-state index is 0.587. The van der Waals surface area contributed by atoms with Crippen molar-refractivity contribution in [1.29, 1.82) is 0 Å². The Kier molecular flexibility index (Phi) is 5.37. The van der Waals surface area contributed by atoms with E-state index < -0.39 is 0 Å². The normalized spacial score (nSPS) is 10.5. The van der Waals surface area contributed by atoms with Crippen molar-refractivity contribution in [3.8, 4) is 45.6 Å². The molecule has 3 rings (SSSR count). The Bertz CT molecular complexity index is 875. The third-order valence-electron chi connectivity index (χ3n) is 3.90. The van der Waals surface area contributed by atoms with Crippen molar-refractivity contribution in [1.82, 2.24) is 4.98 Å². The quantitative estimate of drug-likeness (QED) is 0.571. The van der Waals surface area contributed by atoms with E-state index in [0.29, 0.717) is 34.5 Å². The Morgan fingerprint density at radius 3 is 1.85 bits per heavy atom. The number of nitrogens with zero attached hydrogens (tertiary/aromatic N) is 1. The average molecular weight is 420 g/mol. The van der Waals surface area contributed by atoms with Crippen molar-refractivity contribution < 1.29 is 23.4 Å². The second-order valence-electron chi connectivity index (χ2n) is 5.33. The number of ether oxygens (including phenoxy) is 4. The summed E-state index contributed by atoms with van der Waals surface area (Å²) in [6, 6.07) is 9.26. The zero-order chi connectivity index (χ0) is 18.7. The zero-order valence-electron chi connectivity index (χ0n) is 14.8. The molecule has 136 valence electrons. The van der Waals surface area contributed by atoms with Gasteiger partial charge in [-0.3, -0.25) is 0 Å². The van der Waals surface area contributed by atoms with Crippen LogP contribution in [0.2, 0.25) is 0 Å². The monoisotopic (exact) mass is 419 g/mol. The van der Waals surface area contributed by atoms with Gasteiger partial charge >= 0.3 is 0 Å². The molecule has 0 aliphatic rings. The van der Waals surface area contributed by atoms with E-state index in [1.165, 1.54) is 6.39 Å². The topological polar surface area (TPSA) is 63.0 Å². The van der Waals surface area contributed by atoms with Crippen LogP contribution in [-0.2, 0) is 0 Å². The van der Waals surface area contributed by atoms with Crippen LogP contribution in [0.25, 0.3) is 22.6 Å². The number of hydrogen-bond acceptors (Lipinski definition) is 6. The van der Waals surface area contributed by atoms with E-state index >= 15 is 0 Å². The summed E-state index contributed by atoms with van der Waals surface area (Å²) in [5, 5.41) is 0. The molecule has 0 amide bonds. The van der Waals surface area contributed by atoms with Gasteiger partial charge < -0.3 is 23.4 Å². The Hall–Kier alpha value is -2.67. The lowest BCUT2D eigenvalue weighted by molar-refractivity contribution is 0.389. The molecule has 3 aromatic rings. The summed E-state index contributed by atoms with van der Waals surface area (Å²) in [5.41, 5.74) is 2.25. The zero-order valence-corrected chi connectivity index (χ0v) is 16.4. The van der Waals surface area contributed by atoms with Gasteiger partial charge in [-0.15, -0.1) is 0 Å². The van der Waals surface area contributed by atoms with E-state index in [0.717, 1.165) is 15.6 Å². The maximum absolute atomic E-state index is 5.67. The summed E-state index contributed by atoms with van der Waals surface area (Å²) in [6.07, 6.45) is 1.40. The second-order valence-corrected chi connectivity index (χ2v) is 6.12. The first-order chi connectivity index (χ1) is 12.6. The molecular weight excluding hydrogens is 402 g/mol. The number of hydrogen-bond donors (Lipinski definition) is 0. The SMILES string of the molecule is COc1cc(OC)cc(-c2ncoc2-c2cc(OC)c(Br)c(OC)c2)c1. The van der Waals surface area contributed by atoms with Crippen molar-refractivity contribution in [2.75, 3.05) is 28.4 Å². The second kappa shape index (κ2) is 7.70. The standard InChI is InChI=1S/C19H18BrNO5/c1-22-13-5-11(6-14(9-13)23-2)18-19(26-10-21-18)12-7-15(24-3)17(20)16(8-12)25-4/h5-10H,1-4H3. The van der Waals surface area contributed by atoms with E-state index in [-0.39, 0.29) is 0 Å². The number of aromatic nitrogens is 1. The maximum Gasteiger partial charge on any atom is 0.182 e. The van der Waals surface area contributed by atoms with Gasteiger partial charge in [-0.2, -0.15) is 0 Å². The average Bonchev–Trinajstić information content (AvgIpc) is 3.17. The number of methoxy groups -OCH3 is 4. The molecule has 0 atom stereocenters. The third-order valence-corrected chi connectivity index (χ3v) is 4.68. The Labute approximate surface area is 159 Å². The van der Waals surface area contributed by atoms with Gasteiger partial charge in [-0.25, -0.2) is 4.98 Å². The van der Waals surface area contributed by atoms with Crippen molar-refractivity contribution in [2.24, 2.45) is 0 Å². The van der Waals surface area contributed by atoms with Crippen LogP contribution in [0.3, 0.4) is 0 Å². The van der Waals surface area contributed by atoms with Crippen LogP contribution in [0.4, 0.5) is 0 Å². The third kappa shape index (κ3) is 3.35. The highest BCUT2D eigenvalue weighted by Gasteiger charge is 2.19. The van der Waals surface area contributed by atoms with Crippen LogP contribution in [-0.4, -0.2) is 33.4 Å². The lowest BCUT2D eigenvalue weighted by atomic mass is 10.0. The first-order valence-corrected chi connectivity index (χ1v) is 8.49. The fourth-order valence-electron chi connectivity index (χ4n) is 2.60. The summed E-state index contributed by atoms with van der Waals surface area (Å²) in [5.74, 6) is 3.18. The molecule has 2 aromatic carbocycles. The molecule has 0 aliphatic heterocycles. The van der Waals surface area contributed by atoms with E-state index in [2.05, 4.69) is 20.9 Å². The fourth-order valence-corrected chi connectivity index (χ4v) is 3.15. The summed E-state index contributed by atoms with van der Waals surface area (Å²) >= 11 is 3.47. The van der Waals surface area contributed by atoms with Crippen molar-refractivity contribution >= 4 is 15.9 Å². The van der Waals surface area contributed by atoms with E-state index in [1.807, 2.05) is 24.3 Å². The van der Waals surface area contributed by atoms with Crippen LogP contribution in [0.1, 0.15) is 0 Å². The highest BCUT2D eigenvalue weighted by Crippen LogP contribution is 2.42. The first kappa shape index (κ1) is 18.1. The molecule has 0 radical (unpaired) electrons. The number of benzene rings is 2. The molecule has 26 heavy (non-hydrogen) atoms. The number of oxazole rings is 1. The fraction of sp³-hybridized carbons (Fsp3) is 0.211. The van der Waals surface area contributed by atoms with Gasteiger partial charge in [0.15, 0.2) is 12.2 Å². The summed E-state index contributed by atoms with van der Waals surface area (Å²) in [4.78, 5) is 4.38. The van der Waals surface area contributed by atoms with Crippen molar-refractivity contribution in [3.05, 3.63) is 41.2 Å². The summed E-state index contributed by atoms with van der Waals surface area (Å²) in [6.45, 7) is 0. The predicted molar refractivity (Wildman–Crippen MR) is 101 cm³/mol. The van der Waals surface area contributed by atoms with Gasteiger partial charge in [0.25, 0.3) is 0 Å². The van der Waals surface area contributed by atoms with Crippen molar-refractivity contribution in [2.45, 2.75) is 0 Å². The molecule has 0 saturated heterocycles. The molecule has 1 aromatic heterocycles. The predicted octanol–water partition coefficient (Wildman–Crippen LogP) is 4.81. The van der Waals surface area contributed by atoms with Gasteiger partial charge in [-0.05, 0) is 40.2 Å². The molecule has 0 unspecified atom stereocenters. The Morgan fingerprint density at radius 1 is 0.769 bits per heavy atom. The summed E-state index contributed by atoms with van der Waals surface area (Å²) < 4.78 is 27.9. The van der Waals surface area contributed by atoms with Gasteiger partial charge in [0.05, 0.1) is 28.4 Å². The molecule has 7 heteroatoms. The summed E-state index contributed by atoms with van der Waals surface area (Å²) in [7, 11) is 6.40. The molecular formula is C19H18BrNO5. The molecule has 0 saturated carbocycles. The van der Waals surface area contributed by atoms with Gasteiger partial charge in [-0.1, -0.05) is 0 Å². The van der Waals surface area contributed by atoms with Gasteiger partial charge in [0, 0.05) is 17.2 Å². The molecule has 0 aliphatic carbocycles. The van der Waals surface area contributed by atoms with E-state index in [9.17, 15) is 0 Å². The highest BCUT2D eigenvalue weighted by molar-refractivity contribution is 9.10. The van der Waals surface area contributed by atoms with Crippen LogP contribution < -0.4 is 18.9 Å². The molecule has 1 heterocycles. The van der Waals surface area contributed by atoms with Crippen LogP contribution in [0.15, 0.2) is 45.6 Å². The Balaban J connectivity index is 2.16. The van der Waals surface area contributed by atoms with Gasteiger partial charge in [0.2, 0.25) is 0 Å². The molecule has 0 bridgehead atoms. The number of halogens is 1. The molecule has 0 fully saturated rings. The highest BCUT2D eigenvalue weighted by atomic mass is 79.9. The maximum atomic E-state index is 5.67. The molecule has 0 spiro atoms. The lowest BCUT2D eigenvalue weighted by Gasteiger charge is -2.12. The first-order valence-electron chi connectivity index (χ1n) is 7.70. The van der Waals surface area contributed by atoms with E-state index in [4.69, 9.17) is 23.4 Å². The molecule has 0 N–H and O–H groups in total. The molecule has 6 nitrogen and oxygen atoms in total.